The van der Waals surface area contributed by atoms with Crippen molar-refractivity contribution in [3.63, 3.8) is 0 Å². The van der Waals surface area contributed by atoms with Crippen LogP contribution in [0.3, 0.4) is 0 Å². The zero-order valence-corrected chi connectivity index (χ0v) is 10.6. The zero-order chi connectivity index (χ0) is 11.1. The second-order valence-electron chi connectivity index (χ2n) is 4.91. The van der Waals surface area contributed by atoms with Crippen LogP contribution in [0.1, 0.15) is 52.9 Å². The molecule has 0 aromatic rings. The van der Waals surface area contributed by atoms with Crippen molar-refractivity contribution in [3.05, 3.63) is 0 Å². The molecule has 1 saturated carbocycles. The van der Waals surface area contributed by atoms with Crippen LogP contribution in [-0.4, -0.2) is 25.3 Å². The quantitative estimate of drug-likeness (QED) is 0.732. The first-order chi connectivity index (χ1) is 7.24. The molecule has 2 heteroatoms. The Morgan fingerprint density at radius 3 is 2.47 bits per heavy atom. The molecular weight excluding hydrogens is 186 g/mol. The molecule has 1 aliphatic carbocycles. The molecule has 1 fully saturated rings. The standard InChI is InChI=1S/C13H27NO/c1-4-15-10-11(2)14-12(3)13-8-6-5-7-9-13/h11-14H,4-10H2,1-3H3/t11?,12-/m1/s1. The first-order valence-electron chi connectivity index (χ1n) is 6.57. The van der Waals surface area contributed by atoms with Gasteiger partial charge in [-0.15, -0.1) is 0 Å². The topological polar surface area (TPSA) is 21.3 Å². The van der Waals surface area contributed by atoms with Crippen LogP contribution in [0.5, 0.6) is 0 Å². The van der Waals surface area contributed by atoms with Crippen molar-refractivity contribution in [2.24, 2.45) is 5.92 Å². The maximum atomic E-state index is 5.42. The average molecular weight is 213 g/mol. The fourth-order valence-electron chi connectivity index (χ4n) is 2.56. The molecule has 2 nitrogen and oxygen atoms in total. The second kappa shape index (κ2) is 7.24. The van der Waals surface area contributed by atoms with Gasteiger partial charge in [0.1, 0.15) is 0 Å². The molecule has 1 N–H and O–H groups in total. The summed E-state index contributed by atoms with van der Waals surface area (Å²) >= 11 is 0. The van der Waals surface area contributed by atoms with Crippen LogP contribution in [0, 0.1) is 5.92 Å². The Balaban J connectivity index is 2.17. The lowest BCUT2D eigenvalue weighted by Gasteiger charge is -2.30. The lowest BCUT2D eigenvalue weighted by atomic mass is 9.84. The van der Waals surface area contributed by atoms with Gasteiger partial charge in [-0.25, -0.2) is 0 Å². The molecule has 0 saturated heterocycles. The maximum Gasteiger partial charge on any atom is 0.0616 e. The molecule has 0 amide bonds. The molecule has 90 valence electrons. The highest BCUT2D eigenvalue weighted by molar-refractivity contribution is 4.77. The van der Waals surface area contributed by atoms with Gasteiger partial charge in [0, 0.05) is 18.7 Å². The lowest BCUT2D eigenvalue weighted by molar-refractivity contribution is 0.118. The third kappa shape index (κ3) is 4.98. The van der Waals surface area contributed by atoms with Crippen molar-refractivity contribution in [1.29, 1.82) is 0 Å². The van der Waals surface area contributed by atoms with Crippen molar-refractivity contribution in [1.82, 2.24) is 5.32 Å². The Morgan fingerprint density at radius 2 is 1.87 bits per heavy atom. The molecule has 0 spiro atoms. The van der Waals surface area contributed by atoms with Crippen LogP contribution in [0.4, 0.5) is 0 Å². The molecule has 15 heavy (non-hydrogen) atoms. The van der Waals surface area contributed by atoms with Crippen LogP contribution in [0.2, 0.25) is 0 Å². The van der Waals surface area contributed by atoms with Crippen molar-refractivity contribution in [2.75, 3.05) is 13.2 Å². The minimum absolute atomic E-state index is 0.488. The summed E-state index contributed by atoms with van der Waals surface area (Å²) in [4.78, 5) is 0. The smallest absolute Gasteiger partial charge is 0.0616 e. The van der Waals surface area contributed by atoms with Gasteiger partial charge in [-0.1, -0.05) is 19.3 Å². The van der Waals surface area contributed by atoms with E-state index in [1.54, 1.807) is 0 Å². The van der Waals surface area contributed by atoms with Gasteiger partial charge in [0.05, 0.1) is 6.61 Å². The van der Waals surface area contributed by atoms with Crippen LogP contribution in [-0.2, 0) is 4.74 Å². The third-order valence-corrected chi connectivity index (χ3v) is 3.48. The van der Waals surface area contributed by atoms with Gasteiger partial charge in [0.2, 0.25) is 0 Å². The van der Waals surface area contributed by atoms with E-state index in [1.807, 2.05) is 0 Å². The molecule has 0 radical (unpaired) electrons. The number of hydrogen-bond acceptors (Lipinski definition) is 2. The van der Waals surface area contributed by atoms with Crippen LogP contribution in [0.25, 0.3) is 0 Å². The van der Waals surface area contributed by atoms with Gasteiger partial charge >= 0.3 is 0 Å². The normalized spacial score (nSPS) is 22.6. The van der Waals surface area contributed by atoms with E-state index in [-0.39, 0.29) is 0 Å². The minimum Gasteiger partial charge on any atom is -0.380 e. The Morgan fingerprint density at radius 1 is 1.20 bits per heavy atom. The Hall–Kier alpha value is -0.0800. The average Bonchev–Trinajstić information content (AvgIpc) is 2.27. The van der Waals surface area contributed by atoms with E-state index in [0.717, 1.165) is 19.1 Å². The summed E-state index contributed by atoms with van der Waals surface area (Å²) in [6, 6.07) is 1.14. The van der Waals surface area contributed by atoms with Crippen molar-refractivity contribution in [2.45, 2.75) is 65.0 Å². The van der Waals surface area contributed by atoms with Crippen LogP contribution < -0.4 is 5.32 Å². The van der Waals surface area contributed by atoms with Crippen LogP contribution >= 0.6 is 0 Å². The lowest BCUT2D eigenvalue weighted by Crippen LogP contribution is -2.42. The van der Waals surface area contributed by atoms with Gasteiger partial charge in [0.15, 0.2) is 0 Å². The molecule has 1 rings (SSSR count). The van der Waals surface area contributed by atoms with Crippen LogP contribution in [0.15, 0.2) is 0 Å². The highest BCUT2D eigenvalue weighted by Gasteiger charge is 2.20. The van der Waals surface area contributed by atoms with Crippen molar-refractivity contribution < 1.29 is 4.74 Å². The fraction of sp³-hybridized carbons (Fsp3) is 1.00. The summed E-state index contributed by atoms with van der Waals surface area (Å²) in [5, 5.41) is 3.66. The molecular formula is C13H27NO. The van der Waals surface area contributed by atoms with Gasteiger partial charge in [-0.2, -0.15) is 0 Å². The first-order valence-corrected chi connectivity index (χ1v) is 6.57. The maximum absolute atomic E-state index is 5.42. The molecule has 0 bridgehead atoms. The molecule has 0 heterocycles. The van der Waals surface area contributed by atoms with Gasteiger partial charge in [0.25, 0.3) is 0 Å². The van der Waals surface area contributed by atoms with E-state index in [1.165, 1.54) is 32.1 Å². The van der Waals surface area contributed by atoms with E-state index in [4.69, 9.17) is 4.74 Å². The summed E-state index contributed by atoms with van der Waals surface area (Å²) in [6.07, 6.45) is 7.12. The van der Waals surface area contributed by atoms with E-state index in [9.17, 15) is 0 Å². The SMILES string of the molecule is CCOCC(C)N[C@H](C)C1CCCCC1. The number of rotatable bonds is 6. The number of ether oxygens (including phenoxy) is 1. The highest BCUT2D eigenvalue weighted by Crippen LogP contribution is 2.26. The summed E-state index contributed by atoms with van der Waals surface area (Å²) < 4.78 is 5.42. The summed E-state index contributed by atoms with van der Waals surface area (Å²) in [5.74, 6) is 0.892. The first kappa shape index (κ1) is 13.0. The fourth-order valence-corrected chi connectivity index (χ4v) is 2.56. The molecule has 0 aliphatic heterocycles. The third-order valence-electron chi connectivity index (χ3n) is 3.48. The summed E-state index contributed by atoms with van der Waals surface area (Å²) in [7, 11) is 0. The monoisotopic (exact) mass is 213 g/mol. The molecule has 0 aromatic heterocycles. The van der Waals surface area contributed by atoms with E-state index >= 15 is 0 Å². The molecule has 0 aromatic carbocycles. The summed E-state index contributed by atoms with van der Waals surface area (Å²) in [6.45, 7) is 8.27. The zero-order valence-electron chi connectivity index (χ0n) is 10.6. The molecule has 1 aliphatic rings. The van der Waals surface area contributed by atoms with E-state index in [2.05, 4.69) is 26.1 Å². The number of hydrogen-bond donors (Lipinski definition) is 1. The Bertz CT molecular complexity index is 155. The molecule has 2 atom stereocenters. The Labute approximate surface area is 94.8 Å². The molecule has 1 unspecified atom stereocenters. The van der Waals surface area contributed by atoms with E-state index in [0.29, 0.717) is 12.1 Å². The summed E-state index contributed by atoms with van der Waals surface area (Å²) in [5.41, 5.74) is 0. The predicted molar refractivity (Wildman–Crippen MR) is 65.1 cm³/mol. The van der Waals surface area contributed by atoms with E-state index < -0.39 is 0 Å². The Kier molecular flexibility index (Phi) is 6.26. The van der Waals surface area contributed by atoms with Crippen molar-refractivity contribution >= 4 is 0 Å². The largest absolute Gasteiger partial charge is 0.380 e. The second-order valence-corrected chi connectivity index (χ2v) is 4.91. The highest BCUT2D eigenvalue weighted by atomic mass is 16.5. The predicted octanol–water partition coefficient (Wildman–Crippen LogP) is 2.97. The number of nitrogens with one attached hydrogen (secondary N) is 1. The van der Waals surface area contributed by atoms with Gasteiger partial charge < -0.3 is 10.1 Å². The van der Waals surface area contributed by atoms with Crippen molar-refractivity contribution in [3.8, 4) is 0 Å². The van der Waals surface area contributed by atoms with Gasteiger partial charge in [-0.05, 0) is 39.5 Å². The van der Waals surface area contributed by atoms with Gasteiger partial charge in [-0.3, -0.25) is 0 Å². The minimum atomic E-state index is 0.488.